The molecule has 5 heteroatoms. The highest BCUT2D eigenvalue weighted by Gasteiger charge is 2.26. The summed E-state index contributed by atoms with van der Waals surface area (Å²) >= 11 is 0. The van der Waals surface area contributed by atoms with Gasteiger partial charge in [0.25, 0.3) is 0 Å². The number of rotatable bonds is 4. The molecule has 0 spiro atoms. The number of nitrogens with one attached hydrogen (secondary N) is 1. The van der Waals surface area contributed by atoms with Crippen LogP contribution in [0, 0.1) is 0 Å². The Morgan fingerprint density at radius 2 is 2.31 bits per heavy atom. The topological polar surface area (TPSA) is 59.1 Å². The second kappa shape index (κ2) is 4.93. The van der Waals surface area contributed by atoms with Gasteiger partial charge in [0.05, 0.1) is 11.5 Å². The van der Waals surface area contributed by atoms with Gasteiger partial charge in [-0.05, 0) is 18.6 Å². The molecule has 1 saturated heterocycles. The summed E-state index contributed by atoms with van der Waals surface area (Å²) in [5.41, 5.74) is 1.04. The molecule has 1 aliphatic heterocycles. The summed E-state index contributed by atoms with van der Waals surface area (Å²) in [6.07, 6.45) is 3.36. The number of nitrogens with zero attached hydrogens (tertiary/aromatic N) is 1. The molecule has 0 saturated carbocycles. The number of pyridine rings is 1. The summed E-state index contributed by atoms with van der Waals surface area (Å²) in [4.78, 5) is 4.21. The van der Waals surface area contributed by atoms with Crippen LogP contribution in [-0.2, 0) is 16.3 Å². The normalized spacial score (nSPS) is 23.4. The van der Waals surface area contributed by atoms with E-state index >= 15 is 0 Å². The van der Waals surface area contributed by atoms with Crippen molar-refractivity contribution in [2.75, 3.05) is 18.1 Å². The molecule has 1 atom stereocenters. The summed E-state index contributed by atoms with van der Waals surface area (Å²) in [5.74, 6) is 0.615. The van der Waals surface area contributed by atoms with E-state index in [2.05, 4.69) is 10.3 Å². The fourth-order valence-corrected chi connectivity index (χ4v) is 3.61. The van der Waals surface area contributed by atoms with Crippen molar-refractivity contribution in [3.8, 4) is 0 Å². The molecule has 1 aromatic heterocycles. The lowest BCUT2D eigenvalue weighted by Gasteiger charge is -2.09. The first kappa shape index (κ1) is 11.5. The Labute approximate surface area is 96.0 Å². The minimum absolute atomic E-state index is 0.133. The Bertz CT molecular complexity index is 431. The van der Waals surface area contributed by atoms with Gasteiger partial charge in [0, 0.05) is 30.9 Å². The van der Waals surface area contributed by atoms with E-state index in [1.54, 1.807) is 6.20 Å². The Morgan fingerprint density at radius 3 is 2.94 bits per heavy atom. The van der Waals surface area contributed by atoms with Crippen molar-refractivity contribution in [3.63, 3.8) is 0 Å². The predicted molar refractivity (Wildman–Crippen MR) is 63.0 cm³/mol. The Hall–Kier alpha value is -0.940. The molecule has 0 amide bonds. The molecule has 0 radical (unpaired) electrons. The van der Waals surface area contributed by atoms with Gasteiger partial charge in [-0.3, -0.25) is 4.98 Å². The molecule has 2 heterocycles. The first-order valence-corrected chi connectivity index (χ1v) is 7.31. The van der Waals surface area contributed by atoms with Crippen LogP contribution in [0.1, 0.15) is 12.1 Å². The number of hydrogen-bond donors (Lipinski definition) is 1. The minimum Gasteiger partial charge on any atom is -0.313 e. The van der Waals surface area contributed by atoms with Gasteiger partial charge < -0.3 is 5.32 Å². The van der Waals surface area contributed by atoms with Gasteiger partial charge >= 0.3 is 0 Å². The van der Waals surface area contributed by atoms with E-state index in [4.69, 9.17) is 0 Å². The zero-order valence-corrected chi connectivity index (χ0v) is 9.91. The van der Waals surface area contributed by atoms with Crippen molar-refractivity contribution in [2.24, 2.45) is 0 Å². The van der Waals surface area contributed by atoms with E-state index in [-0.39, 0.29) is 11.8 Å². The van der Waals surface area contributed by atoms with E-state index < -0.39 is 9.84 Å². The van der Waals surface area contributed by atoms with Gasteiger partial charge in [-0.2, -0.15) is 0 Å². The molecule has 2 rings (SSSR count). The van der Waals surface area contributed by atoms with Gasteiger partial charge in [-0.1, -0.05) is 6.07 Å². The Balaban J connectivity index is 1.74. The van der Waals surface area contributed by atoms with Crippen LogP contribution in [0.3, 0.4) is 0 Å². The Kier molecular flexibility index (Phi) is 3.56. The molecular formula is C11H16N2O2S. The number of aromatic nitrogens is 1. The molecule has 1 aromatic rings. The van der Waals surface area contributed by atoms with Gasteiger partial charge in [0.1, 0.15) is 0 Å². The molecular weight excluding hydrogens is 224 g/mol. The second-order valence-corrected chi connectivity index (χ2v) is 6.35. The fourth-order valence-electron chi connectivity index (χ4n) is 1.91. The quantitative estimate of drug-likeness (QED) is 0.827. The molecule has 88 valence electrons. The van der Waals surface area contributed by atoms with Crippen LogP contribution >= 0.6 is 0 Å². The van der Waals surface area contributed by atoms with Crippen LogP contribution in [-0.4, -0.2) is 37.5 Å². The molecule has 0 aliphatic carbocycles. The summed E-state index contributed by atoms with van der Waals surface area (Å²) < 4.78 is 22.4. The van der Waals surface area contributed by atoms with E-state index in [1.807, 2.05) is 18.2 Å². The fraction of sp³-hybridized carbons (Fsp3) is 0.545. The summed E-state index contributed by atoms with van der Waals surface area (Å²) in [6, 6.07) is 5.96. The van der Waals surface area contributed by atoms with Gasteiger partial charge in [0.15, 0.2) is 9.84 Å². The Morgan fingerprint density at radius 1 is 1.44 bits per heavy atom. The van der Waals surface area contributed by atoms with Crippen molar-refractivity contribution in [1.29, 1.82) is 0 Å². The molecule has 1 fully saturated rings. The zero-order chi connectivity index (χ0) is 11.4. The van der Waals surface area contributed by atoms with Crippen molar-refractivity contribution >= 4 is 9.84 Å². The second-order valence-electron chi connectivity index (χ2n) is 4.13. The lowest BCUT2D eigenvalue weighted by atomic mass is 10.2. The van der Waals surface area contributed by atoms with Crippen LogP contribution in [0.25, 0.3) is 0 Å². The average molecular weight is 240 g/mol. The maximum atomic E-state index is 11.2. The predicted octanol–water partition coefficient (Wildman–Crippen LogP) is 0.401. The first-order chi connectivity index (χ1) is 7.66. The first-order valence-electron chi connectivity index (χ1n) is 5.49. The van der Waals surface area contributed by atoms with Crippen LogP contribution in [0.5, 0.6) is 0 Å². The monoisotopic (exact) mass is 240 g/mol. The van der Waals surface area contributed by atoms with Crippen LogP contribution < -0.4 is 5.32 Å². The third-order valence-electron chi connectivity index (χ3n) is 2.77. The minimum atomic E-state index is -2.77. The molecule has 4 nitrogen and oxygen atoms in total. The lowest BCUT2D eigenvalue weighted by Crippen LogP contribution is -2.31. The van der Waals surface area contributed by atoms with Crippen molar-refractivity contribution in [1.82, 2.24) is 10.3 Å². The van der Waals surface area contributed by atoms with Gasteiger partial charge in [-0.25, -0.2) is 8.42 Å². The van der Waals surface area contributed by atoms with Crippen molar-refractivity contribution in [2.45, 2.75) is 18.9 Å². The molecule has 1 unspecified atom stereocenters. The van der Waals surface area contributed by atoms with Gasteiger partial charge in [-0.15, -0.1) is 0 Å². The van der Waals surface area contributed by atoms with E-state index in [0.717, 1.165) is 25.1 Å². The highest BCUT2D eigenvalue weighted by Crippen LogP contribution is 2.10. The maximum absolute atomic E-state index is 11.2. The zero-order valence-electron chi connectivity index (χ0n) is 9.09. The molecule has 16 heavy (non-hydrogen) atoms. The summed E-state index contributed by atoms with van der Waals surface area (Å²) in [5, 5.41) is 3.27. The van der Waals surface area contributed by atoms with Gasteiger partial charge in [0.2, 0.25) is 0 Å². The van der Waals surface area contributed by atoms with Crippen LogP contribution in [0.4, 0.5) is 0 Å². The molecule has 1 aliphatic rings. The average Bonchev–Trinajstić information content (AvgIpc) is 2.60. The number of sulfone groups is 1. The smallest absolute Gasteiger partial charge is 0.151 e. The standard InChI is InChI=1S/C11H16N2O2S/c14-16(15)8-5-11(9-16)13-7-4-10-3-1-2-6-12-10/h1-3,6,11,13H,4-5,7-9H2. The maximum Gasteiger partial charge on any atom is 0.151 e. The van der Waals surface area contributed by atoms with Crippen molar-refractivity contribution < 1.29 is 8.42 Å². The van der Waals surface area contributed by atoms with Crippen LogP contribution in [0.15, 0.2) is 24.4 Å². The number of hydrogen-bond acceptors (Lipinski definition) is 4. The summed E-state index contributed by atoms with van der Waals surface area (Å²) in [6.45, 7) is 0.789. The van der Waals surface area contributed by atoms with Crippen molar-refractivity contribution in [3.05, 3.63) is 30.1 Å². The van der Waals surface area contributed by atoms with Crippen LogP contribution in [0.2, 0.25) is 0 Å². The summed E-state index contributed by atoms with van der Waals surface area (Å²) in [7, 11) is -2.77. The largest absolute Gasteiger partial charge is 0.313 e. The van der Waals surface area contributed by atoms with E-state index in [0.29, 0.717) is 5.75 Å². The molecule has 0 aromatic carbocycles. The third-order valence-corrected chi connectivity index (χ3v) is 4.54. The van der Waals surface area contributed by atoms with E-state index in [9.17, 15) is 8.42 Å². The highest BCUT2D eigenvalue weighted by atomic mass is 32.2. The lowest BCUT2D eigenvalue weighted by molar-refractivity contribution is 0.554. The third kappa shape index (κ3) is 3.28. The SMILES string of the molecule is O=S1(=O)CCC(NCCc2ccccn2)C1. The highest BCUT2D eigenvalue weighted by molar-refractivity contribution is 7.91. The molecule has 1 N–H and O–H groups in total. The van der Waals surface area contributed by atoms with E-state index in [1.165, 1.54) is 0 Å². The molecule has 0 bridgehead atoms.